The van der Waals surface area contributed by atoms with Crippen molar-refractivity contribution >= 4 is 11.6 Å². The standard InChI is InChI=1S/C15H17NO2/c1-15(2,3)11-6-8-12(9-7-11)16-14(17)13-5-4-10-18-13/h4-10H,1-3H3,(H,16,17). The Morgan fingerprint density at radius 1 is 1.11 bits per heavy atom. The SMILES string of the molecule is CC(C)(C)c1ccc(NC(=O)c2ccco2)cc1. The number of rotatable bonds is 2. The number of benzene rings is 1. The lowest BCUT2D eigenvalue weighted by molar-refractivity contribution is 0.0996. The molecule has 2 aromatic rings. The molecule has 0 fully saturated rings. The Hall–Kier alpha value is -2.03. The third-order valence-electron chi connectivity index (χ3n) is 2.75. The molecule has 0 radical (unpaired) electrons. The topological polar surface area (TPSA) is 42.2 Å². The summed E-state index contributed by atoms with van der Waals surface area (Å²) in [7, 11) is 0. The van der Waals surface area contributed by atoms with Crippen molar-refractivity contribution in [3.63, 3.8) is 0 Å². The Labute approximate surface area is 107 Å². The molecule has 0 aliphatic rings. The van der Waals surface area contributed by atoms with E-state index in [1.54, 1.807) is 12.1 Å². The number of nitrogens with one attached hydrogen (secondary N) is 1. The van der Waals surface area contributed by atoms with Gasteiger partial charge in [0.25, 0.3) is 5.91 Å². The molecular weight excluding hydrogens is 226 g/mol. The maximum absolute atomic E-state index is 11.8. The van der Waals surface area contributed by atoms with Crippen LogP contribution >= 0.6 is 0 Å². The van der Waals surface area contributed by atoms with E-state index in [1.807, 2.05) is 24.3 Å². The van der Waals surface area contributed by atoms with E-state index in [2.05, 4.69) is 26.1 Å². The number of hydrogen-bond acceptors (Lipinski definition) is 2. The Kier molecular flexibility index (Phi) is 3.24. The van der Waals surface area contributed by atoms with Gasteiger partial charge in [-0.25, -0.2) is 0 Å². The zero-order valence-corrected chi connectivity index (χ0v) is 10.9. The van der Waals surface area contributed by atoms with E-state index in [9.17, 15) is 4.79 Å². The van der Waals surface area contributed by atoms with Crippen molar-refractivity contribution in [2.24, 2.45) is 0 Å². The summed E-state index contributed by atoms with van der Waals surface area (Å²) in [6.45, 7) is 6.47. The van der Waals surface area contributed by atoms with Gasteiger partial charge in [0.1, 0.15) is 0 Å². The summed E-state index contributed by atoms with van der Waals surface area (Å²) < 4.78 is 5.03. The molecule has 1 aromatic heterocycles. The van der Waals surface area contributed by atoms with Crippen molar-refractivity contribution in [2.45, 2.75) is 26.2 Å². The van der Waals surface area contributed by atoms with Crippen LogP contribution < -0.4 is 5.32 Å². The fourth-order valence-electron chi connectivity index (χ4n) is 1.65. The van der Waals surface area contributed by atoms with Crippen LogP contribution in [0.5, 0.6) is 0 Å². The maximum Gasteiger partial charge on any atom is 0.291 e. The largest absolute Gasteiger partial charge is 0.459 e. The second-order valence-corrected chi connectivity index (χ2v) is 5.26. The Morgan fingerprint density at radius 2 is 1.78 bits per heavy atom. The lowest BCUT2D eigenvalue weighted by Gasteiger charge is -2.19. The van der Waals surface area contributed by atoms with Crippen LogP contribution in [-0.2, 0) is 5.41 Å². The van der Waals surface area contributed by atoms with Crippen molar-refractivity contribution in [3.05, 3.63) is 54.0 Å². The number of anilines is 1. The van der Waals surface area contributed by atoms with Crippen LogP contribution in [0.3, 0.4) is 0 Å². The van der Waals surface area contributed by atoms with Gasteiger partial charge >= 0.3 is 0 Å². The van der Waals surface area contributed by atoms with Gasteiger partial charge in [0, 0.05) is 5.69 Å². The molecule has 2 rings (SSSR count). The van der Waals surface area contributed by atoms with Crippen LogP contribution in [0.25, 0.3) is 0 Å². The van der Waals surface area contributed by atoms with E-state index < -0.39 is 0 Å². The predicted molar refractivity (Wildman–Crippen MR) is 71.8 cm³/mol. The zero-order valence-electron chi connectivity index (χ0n) is 10.9. The Balaban J connectivity index is 2.09. The van der Waals surface area contributed by atoms with Crippen molar-refractivity contribution in [2.75, 3.05) is 5.32 Å². The Morgan fingerprint density at radius 3 is 2.28 bits per heavy atom. The zero-order chi connectivity index (χ0) is 13.2. The third-order valence-corrected chi connectivity index (χ3v) is 2.75. The molecule has 0 atom stereocenters. The van der Waals surface area contributed by atoms with Gasteiger partial charge in [0.2, 0.25) is 0 Å². The molecule has 0 saturated carbocycles. The van der Waals surface area contributed by atoms with E-state index in [4.69, 9.17) is 4.42 Å². The minimum atomic E-state index is -0.233. The van der Waals surface area contributed by atoms with Gasteiger partial charge in [-0.05, 0) is 35.2 Å². The average molecular weight is 243 g/mol. The highest BCUT2D eigenvalue weighted by Crippen LogP contribution is 2.23. The summed E-state index contributed by atoms with van der Waals surface area (Å²) in [5.74, 6) is 0.0819. The predicted octanol–water partition coefficient (Wildman–Crippen LogP) is 3.83. The highest BCUT2D eigenvalue weighted by molar-refractivity contribution is 6.02. The first-order chi connectivity index (χ1) is 8.47. The van der Waals surface area contributed by atoms with Crippen LogP contribution in [0.1, 0.15) is 36.9 Å². The molecule has 1 N–H and O–H groups in total. The highest BCUT2D eigenvalue weighted by Gasteiger charge is 2.13. The van der Waals surface area contributed by atoms with Gasteiger partial charge in [-0.15, -0.1) is 0 Å². The second kappa shape index (κ2) is 4.69. The van der Waals surface area contributed by atoms with Gasteiger partial charge < -0.3 is 9.73 Å². The van der Waals surface area contributed by atoms with Crippen LogP contribution in [0.2, 0.25) is 0 Å². The lowest BCUT2D eigenvalue weighted by Crippen LogP contribution is -2.13. The fraction of sp³-hybridized carbons (Fsp3) is 0.267. The van der Waals surface area contributed by atoms with E-state index >= 15 is 0 Å². The maximum atomic E-state index is 11.8. The molecule has 94 valence electrons. The third kappa shape index (κ3) is 2.80. The first-order valence-corrected chi connectivity index (χ1v) is 5.92. The molecule has 0 saturated heterocycles. The van der Waals surface area contributed by atoms with E-state index in [1.165, 1.54) is 11.8 Å². The minimum Gasteiger partial charge on any atom is -0.459 e. The molecular formula is C15H17NO2. The van der Waals surface area contributed by atoms with E-state index in [-0.39, 0.29) is 11.3 Å². The van der Waals surface area contributed by atoms with Crippen LogP contribution in [-0.4, -0.2) is 5.91 Å². The van der Waals surface area contributed by atoms with Crippen molar-refractivity contribution < 1.29 is 9.21 Å². The van der Waals surface area contributed by atoms with Crippen molar-refractivity contribution in [1.29, 1.82) is 0 Å². The summed E-state index contributed by atoms with van der Waals surface area (Å²) >= 11 is 0. The van der Waals surface area contributed by atoms with Gasteiger partial charge in [0.15, 0.2) is 5.76 Å². The molecule has 0 spiro atoms. The van der Waals surface area contributed by atoms with Crippen LogP contribution in [0, 0.1) is 0 Å². The van der Waals surface area contributed by atoms with Crippen LogP contribution in [0.4, 0.5) is 5.69 Å². The first kappa shape index (κ1) is 12.4. The quantitative estimate of drug-likeness (QED) is 0.871. The lowest BCUT2D eigenvalue weighted by atomic mass is 9.87. The van der Waals surface area contributed by atoms with Gasteiger partial charge in [-0.2, -0.15) is 0 Å². The van der Waals surface area contributed by atoms with Gasteiger partial charge in [0.05, 0.1) is 6.26 Å². The number of furan rings is 1. The molecule has 18 heavy (non-hydrogen) atoms. The molecule has 1 heterocycles. The van der Waals surface area contributed by atoms with E-state index in [0.717, 1.165) is 5.69 Å². The van der Waals surface area contributed by atoms with Crippen LogP contribution in [0.15, 0.2) is 47.1 Å². The number of amides is 1. The normalized spacial score (nSPS) is 11.3. The molecule has 0 bridgehead atoms. The first-order valence-electron chi connectivity index (χ1n) is 5.92. The molecule has 3 heteroatoms. The molecule has 3 nitrogen and oxygen atoms in total. The molecule has 0 aliphatic heterocycles. The fourth-order valence-corrected chi connectivity index (χ4v) is 1.65. The average Bonchev–Trinajstić information content (AvgIpc) is 2.82. The second-order valence-electron chi connectivity index (χ2n) is 5.26. The summed E-state index contributed by atoms with van der Waals surface area (Å²) in [4.78, 5) is 11.8. The summed E-state index contributed by atoms with van der Waals surface area (Å²) in [5, 5.41) is 2.79. The van der Waals surface area contributed by atoms with Gasteiger partial charge in [-0.3, -0.25) is 4.79 Å². The minimum absolute atomic E-state index is 0.115. The van der Waals surface area contributed by atoms with Gasteiger partial charge in [-0.1, -0.05) is 32.9 Å². The molecule has 0 aliphatic carbocycles. The molecule has 1 aromatic carbocycles. The monoisotopic (exact) mass is 243 g/mol. The number of carbonyl (C=O) groups is 1. The summed E-state index contributed by atoms with van der Waals surface area (Å²) in [5.41, 5.74) is 2.12. The smallest absolute Gasteiger partial charge is 0.291 e. The number of hydrogen-bond donors (Lipinski definition) is 1. The summed E-state index contributed by atoms with van der Waals surface area (Å²) in [6, 6.07) is 11.2. The molecule has 0 unspecified atom stereocenters. The van der Waals surface area contributed by atoms with Crippen molar-refractivity contribution in [3.8, 4) is 0 Å². The molecule has 1 amide bonds. The summed E-state index contributed by atoms with van der Waals surface area (Å²) in [6.07, 6.45) is 1.48. The van der Waals surface area contributed by atoms with Crippen molar-refractivity contribution in [1.82, 2.24) is 0 Å². The number of carbonyl (C=O) groups excluding carboxylic acids is 1. The highest BCUT2D eigenvalue weighted by atomic mass is 16.3. The van der Waals surface area contributed by atoms with E-state index in [0.29, 0.717) is 5.76 Å². The Bertz CT molecular complexity index is 519.